The Morgan fingerprint density at radius 2 is 2.00 bits per heavy atom. The van der Waals surface area contributed by atoms with E-state index >= 15 is 0 Å². The van der Waals surface area contributed by atoms with Crippen LogP contribution in [-0.2, 0) is 15.5 Å². The van der Waals surface area contributed by atoms with Crippen molar-refractivity contribution in [1.82, 2.24) is 19.9 Å². The van der Waals surface area contributed by atoms with E-state index in [0.29, 0.717) is 35.9 Å². The Morgan fingerprint density at radius 1 is 1.19 bits per heavy atom. The first-order chi connectivity index (χ1) is 15.5. The molecule has 3 heterocycles. The molecule has 0 bridgehead atoms. The van der Waals surface area contributed by atoms with E-state index in [4.69, 9.17) is 4.74 Å². The molecule has 1 atom stereocenters. The SMILES string of the molecule is CCN=S(=O)(Cc1ccc(OC)nc1)CC1CCC(N(C)c2ncnc3[nH]ccc23)CC1. The predicted octanol–water partition coefficient (Wildman–Crippen LogP) is 4.04. The molecule has 1 fully saturated rings. The third-order valence-corrected chi connectivity index (χ3v) is 8.80. The van der Waals surface area contributed by atoms with Crippen LogP contribution in [0, 0.1) is 5.92 Å². The molecule has 1 unspecified atom stereocenters. The van der Waals surface area contributed by atoms with Crippen LogP contribution in [0.4, 0.5) is 5.82 Å². The van der Waals surface area contributed by atoms with Crippen molar-refractivity contribution in [1.29, 1.82) is 0 Å². The maximum Gasteiger partial charge on any atom is 0.212 e. The van der Waals surface area contributed by atoms with E-state index in [9.17, 15) is 4.21 Å². The number of H-pyrrole nitrogens is 1. The summed E-state index contributed by atoms with van der Waals surface area (Å²) in [6, 6.07) is 6.20. The summed E-state index contributed by atoms with van der Waals surface area (Å²) in [5.74, 6) is 3.06. The van der Waals surface area contributed by atoms with E-state index in [0.717, 1.165) is 48.1 Å². The number of pyridine rings is 1. The maximum atomic E-state index is 13.7. The van der Waals surface area contributed by atoms with Crippen molar-refractivity contribution >= 4 is 26.6 Å². The molecule has 0 radical (unpaired) electrons. The number of aromatic amines is 1. The molecule has 8 nitrogen and oxygen atoms in total. The van der Waals surface area contributed by atoms with E-state index < -0.39 is 9.73 Å². The Balaban J connectivity index is 1.39. The highest BCUT2D eigenvalue weighted by Gasteiger charge is 2.28. The number of methoxy groups -OCH3 is 1. The van der Waals surface area contributed by atoms with Gasteiger partial charge in [-0.25, -0.2) is 23.5 Å². The minimum absolute atomic E-state index is 0.421. The quantitative estimate of drug-likeness (QED) is 0.549. The van der Waals surface area contributed by atoms with Crippen molar-refractivity contribution in [2.24, 2.45) is 10.3 Å². The van der Waals surface area contributed by atoms with Gasteiger partial charge in [-0.15, -0.1) is 0 Å². The average Bonchev–Trinajstić information content (AvgIpc) is 3.29. The van der Waals surface area contributed by atoms with E-state index in [2.05, 4.69) is 36.2 Å². The number of hydrogen-bond acceptors (Lipinski definition) is 7. The molecular formula is C23H32N6O2S. The third kappa shape index (κ3) is 5.03. The molecule has 4 rings (SSSR count). The predicted molar refractivity (Wildman–Crippen MR) is 129 cm³/mol. The zero-order valence-electron chi connectivity index (χ0n) is 19.0. The first-order valence-electron chi connectivity index (χ1n) is 11.2. The fraction of sp³-hybridized carbons (Fsp3) is 0.522. The van der Waals surface area contributed by atoms with Crippen molar-refractivity contribution in [3.8, 4) is 5.88 Å². The largest absolute Gasteiger partial charge is 0.481 e. The Labute approximate surface area is 190 Å². The lowest BCUT2D eigenvalue weighted by Crippen LogP contribution is -2.37. The van der Waals surface area contributed by atoms with Crippen LogP contribution in [0.2, 0.25) is 0 Å². The molecule has 32 heavy (non-hydrogen) atoms. The van der Waals surface area contributed by atoms with Gasteiger partial charge >= 0.3 is 0 Å². The molecule has 0 saturated heterocycles. The number of hydrogen-bond donors (Lipinski definition) is 1. The number of aromatic nitrogens is 4. The molecule has 0 amide bonds. The van der Waals surface area contributed by atoms with Crippen molar-refractivity contribution in [2.45, 2.75) is 44.4 Å². The van der Waals surface area contributed by atoms with Gasteiger partial charge in [-0.3, -0.25) is 0 Å². The summed E-state index contributed by atoms with van der Waals surface area (Å²) >= 11 is 0. The number of nitrogens with zero attached hydrogens (tertiary/aromatic N) is 5. The average molecular weight is 457 g/mol. The summed E-state index contributed by atoms with van der Waals surface area (Å²) in [7, 11) is 1.39. The first kappa shape index (κ1) is 22.5. The highest BCUT2D eigenvalue weighted by Crippen LogP contribution is 2.32. The number of anilines is 1. The zero-order valence-corrected chi connectivity index (χ0v) is 19.8. The molecule has 9 heteroatoms. The maximum absolute atomic E-state index is 13.7. The fourth-order valence-corrected chi connectivity index (χ4v) is 7.20. The standard InChI is InChI=1S/C23H32N6O2S/c1-4-28-32(30,15-18-7-10-21(31-3)25-13-18)14-17-5-8-19(9-6-17)29(2)23-20-11-12-24-22(20)26-16-27-23/h7,10-13,16-17,19H,4-6,8-9,14-15H2,1-3H3,(H,24,26,27). The normalized spacial score (nSPS) is 20.6. The van der Waals surface area contributed by atoms with Crippen LogP contribution in [0.5, 0.6) is 5.88 Å². The van der Waals surface area contributed by atoms with Gasteiger partial charge in [0.25, 0.3) is 0 Å². The lowest BCUT2D eigenvalue weighted by molar-refractivity contribution is 0.342. The number of rotatable bonds is 8. The van der Waals surface area contributed by atoms with Crippen molar-refractivity contribution in [2.75, 3.05) is 31.4 Å². The van der Waals surface area contributed by atoms with Crippen molar-refractivity contribution < 1.29 is 8.95 Å². The van der Waals surface area contributed by atoms with Crippen molar-refractivity contribution in [3.05, 3.63) is 42.5 Å². The molecule has 3 aromatic heterocycles. The summed E-state index contributed by atoms with van der Waals surface area (Å²) in [4.78, 5) is 18.5. The Bertz CT molecular complexity index is 1140. The van der Waals surface area contributed by atoms with Gasteiger partial charge in [0.15, 0.2) is 0 Å². The van der Waals surface area contributed by atoms with E-state index in [1.165, 1.54) is 0 Å². The van der Waals surface area contributed by atoms with Gasteiger partial charge in [0, 0.05) is 43.8 Å². The van der Waals surface area contributed by atoms with Crippen LogP contribution in [0.25, 0.3) is 11.0 Å². The summed E-state index contributed by atoms with van der Waals surface area (Å²) in [6.07, 6.45) is 9.48. The van der Waals surface area contributed by atoms with Crippen LogP contribution in [0.1, 0.15) is 38.2 Å². The van der Waals surface area contributed by atoms with Gasteiger partial charge in [-0.1, -0.05) is 6.07 Å². The van der Waals surface area contributed by atoms with E-state index in [-0.39, 0.29) is 0 Å². The van der Waals surface area contributed by atoms with Gasteiger partial charge in [0.2, 0.25) is 5.88 Å². The molecule has 1 aliphatic carbocycles. The second-order valence-corrected chi connectivity index (χ2v) is 10.9. The van der Waals surface area contributed by atoms with Gasteiger partial charge < -0.3 is 14.6 Å². The van der Waals surface area contributed by atoms with Gasteiger partial charge in [-0.05, 0) is 50.2 Å². The Hall–Kier alpha value is -2.68. The number of fused-ring (bicyclic) bond motifs is 1. The summed E-state index contributed by atoms with van der Waals surface area (Å²) < 4.78 is 23.4. The minimum Gasteiger partial charge on any atom is -0.481 e. The molecule has 0 aliphatic heterocycles. The van der Waals surface area contributed by atoms with E-state index in [1.807, 2.05) is 31.3 Å². The van der Waals surface area contributed by atoms with Gasteiger partial charge in [-0.2, -0.15) is 0 Å². The first-order valence-corrected chi connectivity index (χ1v) is 13.0. The third-order valence-electron chi connectivity index (χ3n) is 6.29. The molecular weight excluding hydrogens is 424 g/mol. The van der Waals surface area contributed by atoms with Gasteiger partial charge in [0.1, 0.15) is 17.8 Å². The topological polar surface area (TPSA) is 96.4 Å². The van der Waals surface area contributed by atoms with Gasteiger partial charge in [0.05, 0.1) is 28.0 Å². The Kier molecular flexibility index (Phi) is 6.93. The van der Waals surface area contributed by atoms with Crippen LogP contribution < -0.4 is 9.64 Å². The number of ether oxygens (including phenoxy) is 1. The summed E-state index contributed by atoms with van der Waals surface area (Å²) in [6.45, 7) is 2.53. The lowest BCUT2D eigenvalue weighted by Gasteiger charge is -2.35. The van der Waals surface area contributed by atoms with Crippen molar-refractivity contribution in [3.63, 3.8) is 0 Å². The fourth-order valence-electron chi connectivity index (χ4n) is 4.65. The molecule has 0 aromatic carbocycles. The van der Waals surface area contributed by atoms with Crippen LogP contribution in [0.15, 0.2) is 41.3 Å². The summed E-state index contributed by atoms with van der Waals surface area (Å²) in [5.41, 5.74) is 1.81. The zero-order chi connectivity index (χ0) is 22.6. The molecule has 1 N–H and O–H groups in total. The van der Waals surface area contributed by atoms with Crippen LogP contribution in [-0.4, -0.2) is 56.6 Å². The second-order valence-electron chi connectivity index (χ2n) is 8.46. The lowest BCUT2D eigenvalue weighted by atomic mass is 9.86. The van der Waals surface area contributed by atoms with Crippen LogP contribution in [0.3, 0.4) is 0 Å². The highest BCUT2D eigenvalue weighted by atomic mass is 32.2. The molecule has 172 valence electrons. The highest BCUT2D eigenvalue weighted by molar-refractivity contribution is 7.92. The smallest absolute Gasteiger partial charge is 0.212 e. The number of nitrogens with one attached hydrogen (secondary N) is 1. The summed E-state index contributed by atoms with van der Waals surface area (Å²) in [5, 5.41) is 1.05. The molecule has 1 saturated carbocycles. The minimum atomic E-state index is -2.32. The Morgan fingerprint density at radius 3 is 2.69 bits per heavy atom. The molecule has 1 aliphatic rings. The second kappa shape index (κ2) is 9.85. The molecule has 3 aromatic rings. The van der Waals surface area contributed by atoms with E-state index in [1.54, 1.807) is 19.6 Å². The molecule has 0 spiro atoms. The monoisotopic (exact) mass is 456 g/mol. The van der Waals surface area contributed by atoms with Crippen LogP contribution >= 0.6 is 0 Å².